The van der Waals surface area contributed by atoms with Crippen LogP contribution in [-0.4, -0.2) is 55.4 Å². The molecule has 0 atom stereocenters. The van der Waals surface area contributed by atoms with Crippen molar-refractivity contribution in [3.05, 3.63) is 54.4 Å². The third-order valence-electron chi connectivity index (χ3n) is 5.30. The van der Waals surface area contributed by atoms with Crippen molar-refractivity contribution < 1.29 is 17.9 Å². The van der Waals surface area contributed by atoms with Crippen LogP contribution in [0.2, 0.25) is 0 Å². The fourth-order valence-corrected chi connectivity index (χ4v) is 5.19. The van der Waals surface area contributed by atoms with Gasteiger partial charge in [0.15, 0.2) is 0 Å². The summed E-state index contributed by atoms with van der Waals surface area (Å²) in [5.74, 6) is 0.840. The number of hydrogen-bond acceptors (Lipinski definition) is 5. The number of aromatic amines is 1. The number of imidazole rings is 1. The Morgan fingerprint density at radius 2 is 1.87 bits per heavy atom. The van der Waals surface area contributed by atoms with Crippen LogP contribution in [0.3, 0.4) is 0 Å². The van der Waals surface area contributed by atoms with E-state index in [1.165, 1.54) is 23.5 Å². The molecule has 3 aromatic rings. The van der Waals surface area contributed by atoms with Crippen LogP contribution in [-0.2, 0) is 19.6 Å². The van der Waals surface area contributed by atoms with Crippen molar-refractivity contribution in [2.75, 3.05) is 32.1 Å². The van der Waals surface area contributed by atoms with E-state index in [1.54, 1.807) is 12.1 Å². The number of nitrogens with one attached hydrogen (secondary N) is 2. The zero-order valence-electron chi connectivity index (χ0n) is 16.7. The maximum absolute atomic E-state index is 13.0. The highest BCUT2D eigenvalue weighted by Gasteiger charge is 2.31. The van der Waals surface area contributed by atoms with Crippen molar-refractivity contribution >= 4 is 32.7 Å². The van der Waals surface area contributed by atoms with E-state index in [-0.39, 0.29) is 23.3 Å². The maximum Gasteiger partial charge on any atom is 0.250 e. The van der Waals surface area contributed by atoms with Crippen LogP contribution in [0, 0.1) is 0 Å². The SMILES string of the molecule is COCC(=O)Nc1ccc(S(=O)(=O)N2CCC(c3nc4ccccc4[nH]3)CC2)cc1. The Labute approximate surface area is 175 Å². The molecule has 1 aliphatic rings. The monoisotopic (exact) mass is 428 g/mol. The number of sulfonamides is 1. The molecule has 1 aliphatic heterocycles. The van der Waals surface area contributed by atoms with Crippen molar-refractivity contribution in [1.82, 2.24) is 14.3 Å². The molecule has 4 rings (SSSR count). The number of amides is 1. The van der Waals surface area contributed by atoms with Gasteiger partial charge in [0.05, 0.1) is 15.9 Å². The van der Waals surface area contributed by atoms with Crippen LogP contribution >= 0.6 is 0 Å². The summed E-state index contributed by atoms with van der Waals surface area (Å²) in [5, 5.41) is 2.65. The first-order valence-electron chi connectivity index (χ1n) is 9.81. The Hall–Kier alpha value is -2.75. The Morgan fingerprint density at radius 1 is 1.17 bits per heavy atom. The zero-order chi connectivity index (χ0) is 21.1. The van der Waals surface area contributed by atoms with Gasteiger partial charge in [0.2, 0.25) is 15.9 Å². The van der Waals surface area contributed by atoms with E-state index in [0.717, 1.165) is 16.9 Å². The molecule has 2 aromatic carbocycles. The number of rotatable bonds is 6. The maximum atomic E-state index is 13.0. The molecule has 9 heteroatoms. The summed E-state index contributed by atoms with van der Waals surface area (Å²) in [6.45, 7) is 0.826. The Bertz CT molecular complexity index is 1100. The quantitative estimate of drug-likeness (QED) is 0.628. The summed E-state index contributed by atoms with van der Waals surface area (Å²) in [6.07, 6.45) is 1.43. The van der Waals surface area contributed by atoms with Crippen molar-refractivity contribution in [1.29, 1.82) is 0 Å². The fraction of sp³-hybridized carbons (Fsp3) is 0.333. The number of carbonyl (C=O) groups is 1. The van der Waals surface area contributed by atoms with Crippen LogP contribution in [0.15, 0.2) is 53.4 Å². The first-order valence-corrected chi connectivity index (χ1v) is 11.2. The molecule has 158 valence electrons. The van der Waals surface area contributed by atoms with Crippen molar-refractivity contribution in [3.8, 4) is 0 Å². The number of ether oxygens (including phenoxy) is 1. The molecule has 0 spiro atoms. The molecule has 2 N–H and O–H groups in total. The molecule has 0 aliphatic carbocycles. The van der Waals surface area contributed by atoms with Crippen molar-refractivity contribution in [2.24, 2.45) is 0 Å². The smallest absolute Gasteiger partial charge is 0.250 e. The normalized spacial score (nSPS) is 16.0. The van der Waals surface area contributed by atoms with Crippen LogP contribution in [0.25, 0.3) is 11.0 Å². The average molecular weight is 429 g/mol. The standard InChI is InChI=1S/C21H24N4O4S/c1-29-14-20(26)22-16-6-8-17(9-7-16)30(27,28)25-12-10-15(11-13-25)21-23-18-4-2-3-5-19(18)24-21/h2-9,15H,10-14H2,1H3,(H,22,26)(H,23,24). The van der Waals surface area contributed by atoms with Gasteiger partial charge in [-0.1, -0.05) is 12.1 Å². The van der Waals surface area contributed by atoms with Gasteiger partial charge < -0.3 is 15.0 Å². The predicted octanol–water partition coefficient (Wildman–Crippen LogP) is 2.72. The fourth-order valence-electron chi connectivity index (χ4n) is 3.72. The van der Waals surface area contributed by atoms with Gasteiger partial charge in [0.1, 0.15) is 12.4 Å². The lowest BCUT2D eigenvalue weighted by Gasteiger charge is -2.30. The topological polar surface area (TPSA) is 104 Å². The minimum atomic E-state index is -3.58. The molecule has 1 aromatic heterocycles. The molecular formula is C21H24N4O4S. The van der Waals surface area contributed by atoms with Crippen LogP contribution < -0.4 is 5.32 Å². The van der Waals surface area contributed by atoms with Gasteiger partial charge in [-0.3, -0.25) is 4.79 Å². The lowest BCUT2D eigenvalue weighted by molar-refractivity contribution is -0.119. The number of anilines is 1. The second-order valence-corrected chi connectivity index (χ2v) is 9.26. The van der Waals surface area contributed by atoms with Crippen molar-refractivity contribution in [2.45, 2.75) is 23.7 Å². The average Bonchev–Trinajstić information content (AvgIpc) is 3.19. The molecule has 1 fully saturated rings. The van der Waals surface area contributed by atoms with Crippen LogP contribution in [0.5, 0.6) is 0 Å². The summed E-state index contributed by atoms with van der Waals surface area (Å²) < 4.78 is 32.3. The highest BCUT2D eigenvalue weighted by molar-refractivity contribution is 7.89. The van der Waals surface area contributed by atoms with E-state index in [4.69, 9.17) is 4.74 Å². The molecule has 8 nitrogen and oxygen atoms in total. The Kier molecular flexibility index (Phi) is 5.85. The summed E-state index contributed by atoms with van der Waals surface area (Å²) >= 11 is 0. The van der Waals surface area contributed by atoms with Crippen molar-refractivity contribution in [3.63, 3.8) is 0 Å². The molecule has 0 bridgehead atoms. The van der Waals surface area contributed by atoms with E-state index in [2.05, 4.69) is 15.3 Å². The van der Waals surface area contributed by atoms with Gasteiger partial charge in [-0.05, 0) is 49.2 Å². The number of piperidine rings is 1. The zero-order valence-corrected chi connectivity index (χ0v) is 17.5. The first kappa shape index (κ1) is 20.5. The molecule has 1 saturated heterocycles. The number of carbonyl (C=O) groups excluding carboxylic acids is 1. The third kappa shape index (κ3) is 4.23. The number of fused-ring (bicyclic) bond motifs is 1. The predicted molar refractivity (Wildman–Crippen MR) is 114 cm³/mol. The minimum absolute atomic E-state index is 0.0553. The molecule has 0 saturated carbocycles. The second-order valence-electron chi connectivity index (χ2n) is 7.32. The van der Waals surface area contributed by atoms with E-state index in [1.807, 2.05) is 24.3 Å². The third-order valence-corrected chi connectivity index (χ3v) is 7.21. The lowest BCUT2D eigenvalue weighted by Crippen LogP contribution is -2.38. The molecule has 1 amide bonds. The largest absolute Gasteiger partial charge is 0.375 e. The molecule has 0 unspecified atom stereocenters. The summed E-state index contributed by atoms with van der Waals surface area (Å²) in [5.41, 5.74) is 2.46. The summed E-state index contributed by atoms with van der Waals surface area (Å²) in [4.78, 5) is 19.8. The van der Waals surface area contributed by atoms with Gasteiger partial charge in [-0.25, -0.2) is 13.4 Å². The second kappa shape index (κ2) is 8.55. The highest BCUT2D eigenvalue weighted by Crippen LogP contribution is 2.30. The molecule has 30 heavy (non-hydrogen) atoms. The van der Waals surface area contributed by atoms with E-state index in [0.29, 0.717) is 31.6 Å². The van der Waals surface area contributed by atoms with E-state index < -0.39 is 10.0 Å². The van der Waals surface area contributed by atoms with Crippen LogP contribution in [0.1, 0.15) is 24.6 Å². The Balaban J connectivity index is 1.41. The number of benzene rings is 2. The van der Waals surface area contributed by atoms with E-state index in [9.17, 15) is 13.2 Å². The number of H-pyrrole nitrogens is 1. The number of nitrogens with zero attached hydrogens (tertiary/aromatic N) is 2. The molecular weight excluding hydrogens is 404 g/mol. The van der Waals surface area contributed by atoms with Gasteiger partial charge in [-0.15, -0.1) is 0 Å². The summed E-state index contributed by atoms with van der Waals surface area (Å²) in [6, 6.07) is 14.1. The first-order chi connectivity index (χ1) is 14.5. The Morgan fingerprint density at radius 3 is 2.53 bits per heavy atom. The number of aromatic nitrogens is 2. The van der Waals surface area contributed by atoms with Gasteiger partial charge in [-0.2, -0.15) is 4.31 Å². The molecule has 2 heterocycles. The van der Waals surface area contributed by atoms with Crippen LogP contribution in [0.4, 0.5) is 5.69 Å². The van der Waals surface area contributed by atoms with Gasteiger partial charge >= 0.3 is 0 Å². The highest BCUT2D eigenvalue weighted by atomic mass is 32.2. The number of methoxy groups -OCH3 is 1. The van der Waals surface area contributed by atoms with E-state index >= 15 is 0 Å². The number of hydrogen-bond donors (Lipinski definition) is 2. The van der Waals surface area contributed by atoms with Gasteiger partial charge in [0, 0.05) is 31.8 Å². The molecule has 0 radical (unpaired) electrons. The number of para-hydroxylation sites is 2. The lowest BCUT2D eigenvalue weighted by atomic mass is 9.97. The minimum Gasteiger partial charge on any atom is -0.375 e. The summed E-state index contributed by atoms with van der Waals surface area (Å²) in [7, 11) is -2.15. The van der Waals surface area contributed by atoms with Gasteiger partial charge in [0.25, 0.3) is 0 Å².